The summed E-state index contributed by atoms with van der Waals surface area (Å²) < 4.78 is 20.9. The second kappa shape index (κ2) is 6.61. The van der Waals surface area contributed by atoms with Gasteiger partial charge in [-0.05, 0) is 18.2 Å². The Kier molecular flexibility index (Phi) is 4.38. The van der Waals surface area contributed by atoms with Crippen molar-refractivity contribution in [1.29, 1.82) is 0 Å². The monoisotopic (exact) mass is 334 g/mol. The third-order valence-electron chi connectivity index (χ3n) is 3.12. The van der Waals surface area contributed by atoms with E-state index in [2.05, 4.69) is 10.2 Å². The molecule has 0 N–H and O–H groups in total. The van der Waals surface area contributed by atoms with Crippen LogP contribution in [0.25, 0.3) is 0 Å². The molecule has 0 saturated carbocycles. The lowest BCUT2D eigenvalue weighted by Gasteiger charge is -2.06. The van der Waals surface area contributed by atoms with Crippen molar-refractivity contribution < 1.29 is 13.7 Å². The van der Waals surface area contributed by atoms with Crippen LogP contribution in [0.4, 0.5) is 10.1 Å². The molecule has 0 aliphatic carbocycles. The van der Waals surface area contributed by atoms with Gasteiger partial charge in [-0.1, -0.05) is 17.8 Å². The Morgan fingerprint density at radius 2 is 2.22 bits per heavy atom. The fourth-order valence-corrected chi connectivity index (χ4v) is 2.97. The Bertz CT molecular complexity index is 819. The van der Waals surface area contributed by atoms with Crippen LogP contribution in [0.3, 0.4) is 0 Å². The summed E-state index contributed by atoms with van der Waals surface area (Å²) >= 11 is 1.18. The zero-order chi connectivity index (χ0) is 16.2. The molecule has 2 heterocycles. The van der Waals surface area contributed by atoms with Crippen LogP contribution in [-0.4, -0.2) is 19.7 Å². The highest BCUT2D eigenvalue weighted by molar-refractivity contribution is 7.98. The lowest BCUT2D eigenvalue weighted by molar-refractivity contribution is -0.385. The van der Waals surface area contributed by atoms with E-state index in [1.165, 1.54) is 36.3 Å². The number of hydrogen-bond acceptors (Lipinski definition) is 6. The van der Waals surface area contributed by atoms with Crippen molar-refractivity contribution in [3.8, 4) is 0 Å². The molecule has 2 aromatic heterocycles. The van der Waals surface area contributed by atoms with E-state index in [1.807, 2.05) is 6.07 Å². The molecule has 9 heteroatoms. The van der Waals surface area contributed by atoms with Crippen LogP contribution in [0, 0.1) is 15.9 Å². The topological polar surface area (TPSA) is 87.0 Å². The van der Waals surface area contributed by atoms with Crippen LogP contribution in [0.15, 0.2) is 52.5 Å². The molecule has 3 rings (SSSR count). The molecule has 0 saturated heterocycles. The molecule has 0 fully saturated rings. The van der Waals surface area contributed by atoms with Gasteiger partial charge in [-0.3, -0.25) is 10.1 Å². The van der Waals surface area contributed by atoms with Crippen LogP contribution in [0.5, 0.6) is 0 Å². The van der Waals surface area contributed by atoms with Crippen molar-refractivity contribution in [3.63, 3.8) is 0 Å². The first-order chi connectivity index (χ1) is 11.1. The fraction of sp³-hybridized carbons (Fsp3) is 0.143. The zero-order valence-corrected chi connectivity index (χ0v) is 12.6. The number of rotatable bonds is 6. The average Bonchev–Trinajstić information content (AvgIpc) is 3.18. The van der Waals surface area contributed by atoms with E-state index >= 15 is 0 Å². The van der Waals surface area contributed by atoms with E-state index in [0.717, 1.165) is 5.76 Å². The lowest BCUT2D eigenvalue weighted by atomic mass is 10.2. The van der Waals surface area contributed by atoms with Crippen molar-refractivity contribution in [3.05, 3.63) is 70.2 Å². The van der Waals surface area contributed by atoms with Gasteiger partial charge in [0.1, 0.15) is 17.9 Å². The van der Waals surface area contributed by atoms with Crippen LogP contribution in [-0.2, 0) is 12.3 Å². The number of benzene rings is 1. The molecule has 0 atom stereocenters. The Labute approximate surface area is 134 Å². The minimum atomic E-state index is -0.608. The van der Waals surface area contributed by atoms with Crippen LogP contribution in [0.1, 0.15) is 11.3 Å². The van der Waals surface area contributed by atoms with E-state index in [4.69, 9.17) is 4.42 Å². The Morgan fingerprint density at radius 3 is 2.96 bits per heavy atom. The molecule has 0 aliphatic heterocycles. The number of nitrogens with zero attached hydrogens (tertiary/aromatic N) is 4. The summed E-state index contributed by atoms with van der Waals surface area (Å²) in [5.74, 6) is 0.201. The smallest absolute Gasteiger partial charge is 0.276 e. The SMILES string of the molecule is O=[N+]([O-])c1cccc(F)c1CSc1nncn1Cc1ccco1. The maximum Gasteiger partial charge on any atom is 0.276 e. The highest BCUT2D eigenvalue weighted by Crippen LogP contribution is 2.29. The first kappa shape index (κ1) is 15.2. The van der Waals surface area contributed by atoms with Gasteiger partial charge in [0.25, 0.3) is 5.69 Å². The van der Waals surface area contributed by atoms with Crippen molar-refractivity contribution in [2.45, 2.75) is 17.5 Å². The summed E-state index contributed by atoms with van der Waals surface area (Å²) in [5, 5.41) is 19.3. The lowest BCUT2D eigenvalue weighted by Crippen LogP contribution is -2.01. The highest BCUT2D eigenvalue weighted by Gasteiger charge is 2.19. The predicted molar refractivity (Wildman–Crippen MR) is 80.4 cm³/mol. The van der Waals surface area contributed by atoms with E-state index < -0.39 is 10.7 Å². The third-order valence-corrected chi connectivity index (χ3v) is 4.13. The molecule has 0 bridgehead atoms. The summed E-state index contributed by atoms with van der Waals surface area (Å²) in [6.07, 6.45) is 3.09. The largest absolute Gasteiger partial charge is 0.467 e. The minimum Gasteiger partial charge on any atom is -0.467 e. The molecule has 3 aromatic rings. The van der Waals surface area contributed by atoms with Crippen LogP contribution >= 0.6 is 11.8 Å². The molecule has 118 valence electrons. The molecule has 0 spiro atoms. The normalized spacial score (nSPS) is 10.8. The predicted octanol–water partition coefficient (Wildman–Crippen LogP) is 3.26. The van der Waals surface area contributed by atoms with Gasteiger partial charge in [0.2, 0.25) is 0 Å². The average molecular weight is 334 g/mol. The maximum atomic E-state index is 13.9. The van der Waals surface area contributed by atoms with Crippen LogP contribution in [0.2, 0.25) is 0 Å². The summed E-state index contributed by atoms with van der Waals surface area (Å²) in [6.45, 7) is 0.432. The minimum absolute atomic E-state index is 0.0371. The molecular weight excluding hydrogens is 323 g/mol. The third kappa shape index (κ3) is 3.39. The van der Waals surface area contributed by atoms with Crippen molar-refractivity contribution in [2.24, 2.45) is 0 Å². The maximum absolute atomic E-state index is 13.9. The second-order valence-electron chi connectivity index (χ2n) is 4.60. The van der Waals surface area contributed by atoms with E-state index in [0.29, 0.717) is 11.7 Å². The molecule has 0 unspecified atom stereocenters. The molecule has 7 nitrogen and oxygen atoms in total. The van der Waals surface area contributed by atoms with Crippen molar-refractivity contribution in [2.75, 3.05) is 0 Å². The molecule has 0 aliphatic rings. The first-order valence-corrected chi connectivity index (χ1v) is 7.58. The molecule has 23 heavy (non-hydrogen) atoms. The Balaban J connectivity index is 1.77. The van der Waals surface area contributed by atoms with Crippen LogP contribution < -0.4 is 0 Å². The summed E-state index contributed by atoms with van der Waals surface area (Å²) in [5.41, 5.74) is -0.204. The van der Waals surface area contributed by atoms with Gasteiger partial charge < -0.3 is 8.98 Å². The van der Waals surface area contributed by atoms with Gasteiger partial charge in [-0.2, -0.15) is 0 Å². The van der Waals surface area contributed by atoms with Gasteiger partial charge in [0.15, 0.2) is 5.16 Å². The number of thioether (sulfide) groups is 1. The number of furan rings is 1. The molecular formula is C14H11FN4O3S. The Hall–Kier alpha value is -2.68. The summed E-state index contributed by atoms with van der Waals surface area (Å²) in [6, 6.07) is 7.40. The van der Waals surface area contributed by atoms with Gasteiger partial charge in [0.05, 0.1) is 23.3 Å². The highest BCUT2D eigenvalue weighted by atomic mass is 32.2. The zero-order valence-electron chi connectivity index (χ0n) is 11.8. The second-order valence-corrected chi connectivity index (χ2v) is 5.55. The van der Waals surface area contributed by atoms with E-state index in [9.17, 15) is 14.5 Å². The van der Waals surface area contributed by atoms with Gasteiger partial charge in [0, 0.05) is 11.8 Å². The number of nitro groups is 1. The fourth-order valence-electron chi connectivity index (χ4n) is 2.03. The standard InChI is InChI=1S/C14H11FN4O3S/c15-12-4-1-5-13(19(20)21)11(12)8-23-14-17-16-9-18(14)7-10-3-2-6-22-10/h1-6,9H,7-8H2. The van der Waals surface area contributed by atoms with Gasteiger partial charge in [-0.25, -0.2) is 4.39 Å². The number of halogens is 1. The van der Waals surface area contributed by atoms with Gasteiger partial charge >= 0.3 is 0 Å². The quantitative estimate of drug-likeness (QED) is 0.391. The molecule has 0 amide bonds. The molecule has 1 aromatic carbocycles. The summed E-state index contributed by atoms with van der Waals surface area (Å²) in [4.78, 5) is 10.4. The van der Waals surface area contributed by atoms with E-state index in [-0.39, 0.29) is 17.0 Å². The van der Waals surface area contributed by atoms with Crippen molar-refractivity contribution >= 4 is 17.4 Å². The molecule has 0 radical (unpaired) electrons. The first-order valence-electron chi connectivity index (χ1n) is 6.60. The number of nitro benzene ring substituents is 1. The van der Waals surface area contributed by atoms with Crippen molar-refractivity contribution in [1.82, 2.24) is 14.8 Å². The Morgan fingerprint density at radius 1 is 1.35 bits per heavy atom. The number of hydrogen-bond donors (Lipinski definition) is 0. The van der Waals surface area contributed by atoms with Gasteiger partial charge in [-0.15, -0.1) is 10.2 Å². The number of aromatic nitrogens is 3. The summed E-state index contributed by atoms with van der Waals surface area (Å²) in [7, 11) is 0. The van der Waals surface area contributed by atoms with E-state index in [1.54, 1.807) is 16.9 Å².